The Balaban J connectivity index is 1.66. The molecule has 0 saturated heterocycles. The second-order valence-corrected chi connectivity index (χ2v) is 11.8. The number of sulfonamides is 1. The van der Waals surface area contributed by atoms with E-state index in [9.17, 15) is 21.6 Å². The minimum Gasteiger partial charge on any atom is -0.308 e. The van der Waals surface area contributed by atoms with Gasteiger partial charge in [-0.05, 0) is 68.8 Å². The van der Waals surface area contributed by atoms with E-state index in [1.807, 2.05) is 19.0 Å². The summed E-state index contributed by atoms with van der Waals surface area (Å²) < 4.78 is 69.7. The molecule has 37 heavy (non-hydrogen) atoms. The lowest BCUT2D eigenvalue weighted by atomic mass is 10.1. The first-order valence-electron chi connectivity index (χ1n) is 10.8. The molecular formula is C24H21ClF3N5O2S2. The van der Waals surface area contributed by atoms with Crippen LogP contribution < -0.4 is 4.72 Å². The number of likely N-dealkylation sites (N-methyl/N-ethyl adjacent to an activating group) is 1. The van der Waals surface area contributed by atoms with Gasteiger partial charge >= 0.3 is 6.18 Å². The molecule has 0 aliphatic carbocycles. The van der Waals surface area contributed by atoms with Gasteiger partial charge in [-0.3, -0.25) is 0 Å². The fourth-order valence-corrected chi connectivity index (χ4v) is 5.66. The number of benzene rings is 1. The highest BCUT2D eigenvalue weighted by Gasteiger charge is 2.35. The summed E-state index contributed by atoms with van der Waals surface area (Å²) in [4.78, 5) is 6.62. The number of rotatable bonds is 6. The molecule has 0 unspecified atom stereocenters. The average Bonchev–Trinajstić information content (AvgIpc) is 3.45. The van der Waals surface area contributed by atoms with Crippen LogP contribution in [0.5, 0.6) is 0 Å². The van der Waals surface area contributed by atoms with Gasteiger partial charge in [0.05, 0.1) is 10.6 Å². The van der Waals surface area contributed by atoms with Gasteiger partial charge in [0.1, 0.15) is 9.90 Å². The van der Waals surface area contributed by atoms with Crippen molar-refractivity contribution in [2.45, 2.75) is 17.3 Å². The molecule has 0 saturated carbocycles. The molecule has 7 nitrogen and oxygen atoms in total. The van der Waals surface area contributed by atoms with Gasteiger partial charge in [-0.1, -0.05) is 17.7 Å². The molecule has 194 valence electrons. The summed E-state index contributed by atoms with van der Waals surface area (Å²) in [6.07, 6.45) is -4.69. The standard InChI is InChI=1S/C24H21ClF3N5O2S2/c1-15-12-16(4-8-19(15)25)20-14-21(24(26,27)28)33-22(30-20)13-17(31-33)5-6-18-7-9-23(36-18)37(34,35)29-10-11-32(2)3/h4,7-9,12-14,29H,10-11H2,1-3H3. The Labute approximate surface area is 221 Å². The lowest BCUT2D eigenvalue weighted by Gasteiger charge is -2.11. The van der Waals surface area contributed by atoms with Crippen molar-refractivity contribution in [2.24, 2.45) is 0 Å². The van der Waals surface area contributed by atoms with Crippen LogP contribution in [0.4, 0.5) is 13.2 Å². The molecule has 3 heterocycles. The highest BCUT2D eigenvalue weighted by molar-refractivity contribution is 7.91. The van der Waals surface area contributed by atoms with E-state index in [0.717, 1.165) is 17.4 Å². The van der Waals surface area contributed by atoms with E-state index < -0.39 is 21.9 Å². The first-order valence-corrected chi connectivity index (χ1v) is 13.5. The van der Waals surface area contributed by atoms with E-state index in [0.29, 0.717) is 32.1 Å². The van der Waals surface area contributed by atoms with Gasteiger partial charge in [-0.25, -0.2) is 22.6 Å². The molecule has 4 aromatic rings. The first-order chi connectivity index (χ1) is 17.3. The molecule has 0 aliphatic rings. The molecule has 0 fully saturated rings. The Morgan fingerprint density at radius 2 is 1.89 bits per heavy atom. The monoisotopic (exact) mass is 567 g/mol. The quantitative estimate of drug-likeness (QED) is 0.342. The van der Waals surface area contributed by atoms with Crippen molar-refractivity contribution in [1.29, 1.82) is 0 Å². The maximum atomic E-state index is 13.9. The molecule has 3 aromatic heterocycles. The number of alkyl halides is 3. The van der Waals surface area contributed by atoms with E-state index in [1.54, 1.807) is 25.1 Å². The van der Waals surface area contributed by atoms with E-state index in [2.05, 4.69) is 26.6 Å². The lowest BCUT2D eigenvalue weighted by molar-refractivity contribution is -0.142. The van der Waals surface area contributed by atoms with Gasteiger partial charge in [0, 0.05) is 29.7 Å². The van der Waals surface area contributed by atoms with Gasteiger partial charge in [0.2, 0.25) is 10.0 Å². The Morgan fingerprint density at radius 3 is 2.57 bits per heavy atom. The number of nitrogens with one attached hydrogen (secondary N) is 1. The lowest BCUT2D eigenvalue weighted by Crippen LogP contribution is -2.30. The highest BCUT2D eigenvalue weighted by atomic mass is 35.5. The number of thiophene rings is 1. The zero-order valence-electron chi connectivity index (χ0n) is 19.9. The van der Waals surface area contributed by atoms with E-state index in [-0.39, 0.29) is 27.8 Å². The number of hydrogen-bond donors (Lipinski definition) is 1. The van der Waals surface area contributed by atoms with Gasteiger partial charge < -0.3 is 4.90 Å². The largest absolute Gasteiger partial charge is 0.433 e. The van der Waals surface area contributed by atoms with Crippen molar-refractivity contribution in [3.63, 3.8) is 0 Å². The molecule has 4 rings (SSSR count). The highest BCUT2D eigenvalue weighted by Crippen LogP contribution is 2.33. The predicted octanol–water partition coefficient (Wildman–Crippen LogP) is 4.68. The summed E-state index contributed by atoms with van der Waals surface area (Å²) in [7, 11) is -0.0217. The van der Waals surface area contributed by atoms with E-state index >= 15 is 0 Å². The molecular weight excluding hydrogens is 547 g/mol. The smallest absolute Gasteiger partial charge is 0.308 e. The zero-order chi connectivity index (χ0) is 27.0. The second-order valence-electron chi connectivity index (χ2n) is 8.36. The minimum atomic E-state index is -4.69. The number of halogens is 4. The Morgan fingerprint density at radius 1 is 1.14 bits per heavy atom. The molecule has 0 aliphatic heterocycles. The third-order valence-electron chi connectivity index (χ3n) is 5.18. The molecule has 1 N–H and O–H groups in total. The maximum Gasteiger partial charge on any atom is 0.433 e. The van der Waals surface area contributed by atoms with E-state index in [1.165, 1.54) is 18.2 Å². The van der Waals surface area contributed by atoms with Gasteiger partial charge in [-0.15, -0.1) is 11.3 Å². The molecule has 0 spiro atoms. The molecule has 0 radical (unpaired) electrons. The van der Waals surface area contributed by atoms with Crippen molar-refractivity contribution in [3.8, 4) is 23.1 Å². The summed E-state index contributed by atoms with van der Waals surface area (Å²) in [5.41, 5.74) is 0.343. The SMILES string of the molecule is Cc1cc(-c2cc(C(F)(F)F)n3nc(C#Cc4ccc(S(=O)(=O)NCCN(C)C)s4)cc3n2)ccc1Cl. The Bertz CT molecular complexity index is 1630. The fourth-order valence-electron chi connectivity index (χ4n) is 3.32. The molecule has 0 bridgehead atoms. The summed E-state index contributed by atoms with van der Waals surface area (Å²) in [6.45, 7) is 2.54. The van der Waals surface area contributed by atoms with Crippen LogP contribution in [0, 0.1) is 18.8 Å². The van der Waals surface area contributed by atoms with Crippen LogP contribution >= 0.6 is 22.9 Å². The third-order valence-corrected chi connectivity index (χ3v) is 8.56. The van der Waals surface area contributed by atoms with Crippen molar-refractivity contribution in [2.75, 3.05) is 27.2 Å². The predicted molar refractivity (Wildman–Crippen MR) is 137 cm³/mol. The van der Waals surface area contributed by atoms with Crippen LogP contribution in [0.1, 0.15) is 21.8 Å². The number of aromatic nitrogens is 3. The van der Waals surface area contributed by atoms with Crippen LogP contribution in [0.25, 0.3) is 16.9 Å². The van der Waals surface area contributed by atoms with Crippen LogP contribution in [0.15, 0.2) is 46.7 Å². The van der Waals surface area contributed by atoms with Crippen LogP contribution in [0.2, 0.25) is 5.02 Å². The first kappa shape index (κ1) is 27.1. The van der Waals surface area contributed by atoms with Gasteiger partial charge in [-0.2, -0.15) is 18.3 Å². The number of aryl methyl sites for hydroxylation is 1. The fraction of sp³-hybridized carbons (Fsp3) is 0.250. The van der Waals surface area contributed by atoms with Crippen LogP contribution in [0.3, 0.4) is 0 Å². The zero-order valence-corrected chi connectivity index (χ0v) is 22.3. The molecule has 13 heteroatoms. The number of hydrogen-bond acceptors (Lipinski definition) is 6. The second kappa shape index (κ2) is 10.4. The van der Waals surface area contributed by atoms with Crippen LogP contribution in [-0.2, 0) is 16.2 Å². The summed E-state index contributed by atoms with van der Waals surface area (Å²) >= 11 is 7.00. The van der Waals surface area contributed by atoms with Gasteiger partial charge in [0.15, 0.2) is 11.3 Å². The maximum absolute atomic E-state index is 13.9. The molecule has 0 atom stereocenters. The summed E-state index contributed by atoms with van der Waals surface area (Å²) in [6, 6.07) is 10.1. The Hall–Kier alpha value is -2.95. The number of fused-ring (bicyclic) bond motifs is 1. The normalized spacial score (nSPS) is 12.2. The molecule has 0 amide bonds. The van der Waals surface area contributed by atoms with Crippen molar-refractivity contribution in [1.82, 2.24) is 24.2 Å². The van der Waals surface area contributed by atoms with Crippen molar-refractivity contribution >= 4 is 38.6 Å². The Kier molecular flexibility index (Phi) is 7.64. The molecule has 1 aromatic carbocycles. The topological polar surface area (TPSA) is 79.6 Å². The van der Waals surface area contributed by atoms with Gasteiger partial charge in [0.25, 0.3) is 0 Å². The third kappa shape index (κ3) is 6.31. The van der Waals surface area contributed by atoms with Crippen molar-refractivity contribution < 1.29 is 21.6 Å². The summed E-state index contributed by atoms with van der Waals surface area (Å²) in [5.74, 6) is 5.48. The minimum absolute atomic E-state index is 0.0266. The summed E-state index contributed by atoms with van der Waals surface area (Å²) in [5, 5.41) is 4.48. The van der Waals surface area contributed by atoms with Crippen molar-refractivity contribution in [3.05, 3.63) is 69.3 Å². The average molecular weight is 568 g/mol. The number of nitrogens with zero attached hydrogens (tertiary/aromatic N) is 4. The van der Waals surface area contributed by atoms with E-state index in [4.69, 9.17) is 11.6 Å². The van der Waals surface area contributed by atoms with Crippen LogP contribution in [-0.4, -0.2) is 55.1 Å².